The van der Waals surface area contributed by atoms with Gasteiger partial charge in [0.05, 0.1) is 51.6 Å². The number of amides is 4. The highest BCUT2D eigenvalue weighted by atomic mass is 35.5. The topological polar surface area (TPSA) is 166 Å². The Labute approximate surface area is 337 Å². The van der Waals surface area contributed by atoms with E-state index in [1.54, 1.807) is 37.3 Å². The number of hydrogen-bond donors (Lipinski definition) is 3. The predicted molar refractivity (Wildman–Crippen MR) is 202 cm³/mol. The van der Waals surface area contributed by atoms with E-state index in [0.717, 1.165) is 4.90 Å². The zero-order valence-electron chi connectivity index (χ0n) is 30.2. The number of rotatable bonds is 8. The van der Waals surface area contributed by atoms with Crippen LogP contribution in [0, 0.1) is 23.7 Å². The van der Waals surface area contributed by atoms with Crippen molar-refractivity contribution in [3.8, 4) is 11.5 Å². The molecule has 6 atom stereocenters. The van der Waals surface area contributed by atoms with Crippen LogP contribution in [0.1, 0.15) is 52.7 Å². The number of phenolic OH excluding ortho intramolecular Hbond substituents is 1. The summed E-state index contributed by atoms with van der Waals surface area (Å²) in [6.07, 6.45) is -2.68. The van der Waals surface area contributed by atoms with Crippen LogP contribution in [-0.2, 0) is 30.8 Å². The second-order valence-corrected chi connectivity index (χ2v) is 15.3. The minimum absolute atomic E-state index is 0.0230. The molecule has 298 valence electrons. The van der Waals surface area contributed by atoms with Gasteiger partial charge in [-0.3, -0.25) is 29.5 Å². The minimum atomic E-state index is -4.79. The SMILES string of the molecule is CCOc1cccc(C2C3=CCC4C(=O)N(c5cccc(C(=O)O)c5)C(=O)C4C3CC3C(=O)N(Nc4ncc(C(F)(F)F)cc4Cl)C(=O)C32c2ccc(Cl)cc2)c1O. The molecule has 8 rings (SSSR count). The second kappa shape index (κ2) is 14.2. The van der Waals surface area contributed by atoms with E-state index in [0.29, 0.717) is 33.4 Å². The Balaban J connectivity index is 1.32. The highest BCUT2D eigenvalue weighted by Crippen LogP contribution is 2.65. The number of carbonyl (C=O) groups excluding carboxylic acids is 4. The number of fused-ring (bicyclic) bond motifs is 4. The van der Waals surface area contributed by atoms with Crippen LogP contribution in [0.15, 0.2) is 90.6 Å². The molecule has 4 aromatic rings. The Kier molecular flexibility index (Phi) is 9.51. The summed E-state index contributed by atoms with van der Waals surface area (Å²) in [6.45, 7) is 1.87. The van der Waals surface area contributed by atoms with Gasteiger partial charge in [-0.25, -0.2) is 9.78 Å². The van der Waals surface area contributed by atoms with E-state index in [1.807, 2.05) is 0 Å². The molecule has 2 saturated heterocycles. The molecule has 4 aliphatic rings. The van der Waals surface area contributed by atoms with E-state index in [9.17, 15) is 42.6 Å². The van der Waals surface area contributed by atoms with Gasteiger partial charge in [0.25, 0.3) is 11.8 Å². The molecular formula is C41H31Cl2F3N4O8. The number of carboxylic acid groups (broad SMARTS) is 1. The first kappa shape index (κ1) is 38.9. The summed E-state index contributed by atoms with van der Waals surface area (Å²) in [5, 5.41) is 22.0. The van der Waals surface area contributed by atoms with Crippen molar-refractivity contribution in [3.63, 3.8) is 0 Å². The normalized spacial score (nSPS) is 25.3. The first-order valence-corrected chi connectivity index (χ1v) is 18.8. The molecule has 3 fully saturated rings. The van der Waals surface area contributed by atoms with Gasteiger partial charge < -0.3 is 14.9 Å². The summed E-state index contributed by atoms with van der Waals surface area (Å²) in [5.74, 6) is -10.3. The smallest absolute Gasteiger partial charge is 0.417 e. The number of hydrazine groups is 1. The molecule has 6 unspecified atom stereocenters. The number of carbonyl (C=O) groups is 5. The van der Waals surface area contributed by atoms with Crippen molar-refractivity contribution in [2.75, 3.05) is 16.9 Å². The fourth-order valence-electron chi connectivity index (χ4n) is 9.20. The van der Waals surface area contributed by atoms with Gasteiger partial charge in [0, 0.05) is 22.7 Å². The van der Waals surface area contributed by atoms with E-state index in [2.05, 4.69) is 10.4 Å². The number of ether oxygens (including phenoxy) is 1. The number of carboxylic acids is 1. The molecule has 1 aromatic heterocycles. The maximum atomic E-state index is 15.4. The van der Waals surface area contributed by atoms with Gasteiger partial charge in [0.15, 0.2) is 17.3 Å². The Bertz CT molecular complexity index is 2460. The molecule has 3 aromatic carbocycles. The first-order chi connectivity index (χ1) is 27.6. The lowest BCUT2D eigenvalue weighted by molar-refractivity contribution is -0.139. The standard InChI is InChI=1S/C41H31Cl2F3N4O8/c1-2-58-30-8-4-7-26(33(30)51)32-24-13-14-25-31(37(54)49(35(25)52)23-6-3-5-19(15-23)38(55)56)27(24)17-28-36(53)50(39(57)40(28,32)20-9-11-22(42)12-10-20)48-34-29(43)16-21(18-47-34)41(44,45)46/h3-13,15-16,18,25,27-28,31-32,51H,2,14,17H2,1H3,(H,47,48)(H,55,56). The van der Waals surface area contributed by atoms with Crippen molar-refractivity contribution < 1.29 is 52.1 Å². The average molecular weight is 836 g/mol. The lowest BCUT2D eigenvalue weighted by Crippen LogP contribution is -2.53. The predicted octanol–water partition coefficient (Wildman–Crippen LogP) is 7.40. The van der Waals surface area contributed by atoms with Crippen molar-refractivity contribution in [3.05, 3.63) is 123 Å². The highest BCUT2D eigenvalue weighted by Gasteiger charge is 2.71. The number of aromatic hydroxyl groups is 1. The van der Waals surface area contributed by atoms with Gasteiger partial charge in [-0.2, -0.15) is 18.2 Å². The monoisotopic (exact) mass is 834 g/mol. The van der Waals surface area contributed by atoms with Crippen LogP contribution < -0.4 is 15.1 Å². The Hall–Kier alpha value is -5.93. The number of aromatic carboxylic acids is 1. The summed E-state index contributed by atoms with van der Waals surface area (Å²) in [7, 11) is 0. The van der Waals surface area contributed by atoms with Crippen LogP contribution in [0.25, 0.3) is 0 Å². The number of alkyl halides is 3. The number of allylic oxidation sites excluding steroid dienone is 2. The average Bonchev–Trinajstić information content (AvgIpc) is 3.57. The lowest BCUT2D eigenvalue weighted by atomic mass is 9.49. The van der Waals surface area contributed by atoms with Gasteiger partial charge in [-0.1, -0.05) is 65.2 Å². The van der Waals surface area contributed by atoms with Crippen LogP contribution in [0.5, 0.6) is 11.5 Å². The molecule has 12 nitrogen and oxygen atoms in total. The van der Waals surface area contributed by atoms with E-state index in [4.69, 9.17) is 27.9 Å². The third-order valence-electron chi connectivity index (χ3n) is 11.5. The third kappa shape index (κ3) is 5.89. The molecule has 17 heteroatoms. The summed E-state index contributed by atoms with van der Waals surface area (Å²) < 4.78 is 46.3. The van der Waals surface area contributed by atoms with E-state index in [-0.39, 0.29) is 47.8 Å². The Morgan fingerprint density at radius 1 is 0.983 bits per heavy atom. The number of anilines is 2. The number of halogens is 5. The number of nitrogens with one attached hydrogen (secondary N) is 1. The number of para-hydroxylation sites is 1. The maximum absolute atomic E-state index is 15.4. The van der Waals surface area contributed by atoms with Crippen LogP contribution in [0.3, 0.4) is 0 Å². The lowest BCUT2D eigenvalue weighted by Gasteiger charge is -2.50. The van der Waals surface area contributed by atoms with Gasteiger partial charge in [0.1, 0.15) is 0 Å². The first-order valence-electron chi connectivity index (χ1n) is 18.1. The highest BCUT2D eigenvalue weighted by molar-refractivity contribution is 6.33. The van der Waals surface area contributed by atoms with Gasteiger partial charge in [-0.15, -0.1) is 0 Å². The molecule has 2 aliphatic carbocycles. The number of nitrogens with zero attached hydrogens (tertiary/aromatic N) is 3. The van der Waals surface area contributed by atoms with E-state index >= 15 is 4.79 Å². The molecule has 3 N–H and O–H groups in total. The summed E-state index contributed by atoms with van der Waals surface area (Å²) in [4.78, 5) is 75.5. The molecular weight excluding hydrogens is 804 g/mol. The van der Waals surface area contributed by atoms with Crippen LogP contribution in [-0.4, -0.2) is 56.4 Å². The molecule has 3 heterocycles. The minimum Gasteiger partial charge on any atom is -0.504 e. The Morgan fingerprint density at radius 2 is 1.71 bits per heavy atom. The van der Waals surface area contributed by atoms with Crippen molar-refractivity contribution >= 4 is 64.3 Å². The second-order valence-electron chi connectivity index (χ2n) is 14.4. The zero-order chi connectivity index (χ0) is 41.4. The van der Waals surface area contributed by atoms with Crippen LogP contribution >= 0.6 is 23.2 Å². The third-order valence-corrected chi connectivity index (χ3v) is 12.1. The largest absolute Gasteiger partial charge is 0.504 e. The molecule has 0 spiro atoms. The van der Waals surface area contributed by atoms with Gasteiger partial charge >= 0.3 is 12.1 Å². The Morgan fingerprint density at radius 3 is 2.38 bits per heavy atom. The molecule has 0 bridgehead atoms. The zero-order valence-corrected chi connectivity index (χ0v) is 31.7. The molecule has 1 saturated carbocycles. The van der Waals surface area contributed by atoms with Crippen molar-refractivity contribution in [1.29, 1.82) is 0 Å². The molecule has 4 amide bonds. The van der Waals surface area contributed by atoms with Crippen LogP contribution in [0.2, 0.25) is 10.0 Å². The van der Waals surface area contributed by atoms with Crippen LogP contribution in [0.4, 0.5) is 24.7 Å². The summed E-state index contributed by atoms with van der Waals surface area (Å²) >= 11 is 12.6. The summed E-state index contributed by atoms with van der Waals surface area (Å²) in [5.41, 5.74) is 0.355. The quantitative estimate of drug-likeness (QED) is 0.120. The fraction of sp³-hybridized carbons (Fsp3) is 0.268. The number of benzene rings is 3. The van der Waals surface area contributed by atoms with E-state index < -0.39 is 87.2 Å². The number of hydrogen-bond acceptors (Lipinski definition) is 9. The number of pyridine rings is 1. The molecule has 0 radical (unpaired) electrons. The number of aromatic nitrogens is 1. The van der Waals surface area contributed by atoms with Gasteiger partial charge in [-0.05, 0) is 73.7 Å². The van der Waals surface area contributed by atoms with Crippen molar-refractivity contribution in [2.45, 2.75) is 37.3 Å². The van der Waals surface area contributed by atoms with Gasteiger partial charge in [0.2, 0.25) is 11.8 Å². The summed E-state index contributed by atoms with van der Waals surface area (Å²) in [6, 6.07) is 16.9. The van der Waals surface area contributed by atoms with Crippen molar-refractivity contribution in [2.24, 2.45) is 23.7 Å². The molecule has 58 heavy (non-hydrogen) atoms. The van der Waals surface area contributed by atoms with E-state index in [1.165, 1.54) is 42.5 Å². The number of phenols is 1. The number of imide groups is 2. The molecule has 2 aliphatic heterocycles. The fourth-order valence-corrected chi connectivity index (χ4v) is 9.54. The maximum Gasteiger partial charge on any atom is 0.417 e. The van der Waals surface area contributed by atoms with Crippen molar-refractivity contribution in [1.82, 2.24) is 9.99 Å².